The van der Waals surface area contributed by atoms with Crippen LogP contribution in [0.1, 0.15) is 38.3 Å². The SMILES string of the molecule is CCC(=O)N1C(=O)OC(c2ccccc2)(c2ccccc2)[C@H]1C(C)C. The van der Waals surface area contributed by atoms with Gasteiger partial charge in [-0.3, -0.25) is 4.79 Å². The van der Waals surface area contributed by atoms with Gasteiger partial charge in [0, 0.05) is 17.5 Å². The fourth-order valence-electron chi connectivity index (χ4n) is 3.74. The lowest BCUT2D eigenvalue weighted by Crippen LogP contribution is -2.49. The lowest BCUT2D eigenvalue weighted by Gasteiger charge is -2.37. The first-order valence-electron chi connectivity index (χ1n) is 8.68. The molecule has 1 aliphatic rings. The average Bonchev–Trinajstić information content (AvgIpc) is 2.97. The number of hydrogen-bond acceptors (Lipinski definition) is 3. The molecular formula is C21H23NO3. The molecule has 0 saturated carbocycles. The molecular weight excluding hydrogens is 314 g/mol. The van der Waals surface area contributed by atoms with Gasteiger partial charge in [-0.2, -0.15) is 0 Å². The molecule has 4 nitrogen and oxygen atoms in total. The number of ether oxygens (including phenoxy) is 1. The van der Waals surface area contributed by atoms with Gasteiger partial charge in [-0.25, -0.2) is 9.69 Å². The summed E-state index contributed by atoms with van der Waals surface area (Å²) in [5.74, 6) is -0.181. The van der Waals surface area contributed by atoms with Crippen molar-refractivity contribution in [2.45, 2.75) is 38.8 Å². The van der Waals surface area contributed by atoms with Crippen molar-refractivity contribution in [3.63, 3.8) is 0 Å². The fraction of sp³-hybridized carbons (Fsp3) is 0.333. The van der Waals surface area contributed by atoms with Crippen LogP contribution >= 0.6 is 0 Å². The zero-order chi connectivity index (χ0) is 18.0. The predicted molar refractivity (Wildman–Crippen MR) is 95.9 cm³/mol. The number of rotatable bonds is 4. The molecule has 1 atom stereocenters. The molecule has 4 heteroatoms. The molecule has 3 rings (SSSR count). The molecule has 0 aliphatic carbocycles. The highest BCUT2D eigenvalue weighted by atomic mass is 16.6. The second kappa shape index (κ2) is 6.71. The highest BCUT2D eigenvalue weighted by molar-refractivity contribution is 5.94. The minimum atomic E-state index is -1.00. The third kappa shape index (κ3) is 2.72. The van der Waals surface area contributed by atoms with E-state index < -0.39 is 17.7 Å². The van der Waals surface area contributed by atoms with Crippen LogP contribution in [0.3, 0.4) is 0 Å². The number of benzene rings is 2. The smallest absolute Gasteiger partial charge is 0.418 e. The summed E-state index contributed by atoms with van der Waals surface area (Å²) in [5.41, 5.74) is 0.748. The van der Waals surface area contributed by atoms with E-state index in [1.165, 1.54) is 4.90 Å². The van der Waals surface area contributed by atoms with Crippen LogP contribution in [-0.4, -0.2) is 22.9 Å². The van der Waals surface area contributed by atoms with E-state index >= 15 is 0 Å². The Kier molecular flexibility index (Phi) is 4.62. The molecule has 0 spiro atoms. The van der Waals surface area contributed by atoms with E-state index in [2.05, 4.69) is 0 Å². The summed E-state index contributed by atoms with van der Waals surface area (Å²) < 4.78 is 6.00. The summed E-state index contributed by atoms with van der Waals surface area (Å²) in [6.07, 6.45) is -0.309. The number of hydrogen-bond donors (Lipinski definition) is 0. The van der Waals surface area contributed by atoms with E-state index in [-0.39, 0.29) is 18.2 Å². The number of carbonyl (C=O) groups excluding carboxylic acids is 2. The van der Waals surface area contributed by atoms with Crippen molar-refractivity contribution in [3.8, 4) is 0 Å². The second-order valence-electron chi connectivity index (χ2n) is 6.64. The highest BCUT2D eigenvalue weighted by Crippen LogP contribution is 2.47. The largest absolute Gasteiger partial charge is 0.430 e. The maximum absolute atomic E-state index is 12.7. The summed E-state index contributed by atoms with van der Waals surface area (Å²) in [4.78, 5) is 26.6. The van der Waals surface area contributed by atoms with Crippen LogP contribution in [0.15, 0.2) is 60.7 Å². The topological polar surface area (TPSA) is 46.6 Å². The lowest BCUT2D eigenvalue weighted by atomic mass is 9.75. The Morgan fingerprint density at radius 2 is 1.52 bits per heavy atom. The molecule has 25 heavy (non-hydrogen) atoms. The van der Waals surface area contributed by atoms with Crippen LogP contribution in [0.5, 0.6) is 0 Å². The number of carbonyl (C=O) groups is 2. The van der Waals surface area contributed by atoms with E-state index in [0.29, 0.717) is 0 Å². The summed E-state index contributed by atoms with van der Waals surface area (Å²) in [5, 5.41) is 0. The maximum Gasteiger partial charge on any atom is 0.418 e. The molecule has 1 heterocycles. The summed E-state index contributed by atoms with van der Waals surface area (Å²) >= 11 is 0. The van der Waals surface area contributed by atoms with Crippen molar-refractivity contribution in [2.24, 2.45) is 5.92 Å². The van der Waals surface area contributed by atoms with Gasteiger partial charge in [0.25, 0.3) is 0 Å². The van der Waals surface area contributed by atoms with E-state index in [1.807, 2.05) is 74.5 Å². The molecule has 0 unspecified atom stereocenters. The fourth-order valence-corrected chi connectivity index (χ4v) is 3.74. The van der Waals surface area contributed by atoms with Gasteiger partial charge >= 0.3 is 6.09 Å². The number of cyclic esters (lactones) is 1. The molecule has 1 fully saturated rings. The van der Waals surface area contributed by atoms with Crippen LogP contribution in [0.2, 0.25) is 0 Å². The Morgan fingerprint density at radius 3 is 1.92 bits per heavy atom. The predicted octanol–water partition coefficient (Wildman–Crippen LogP) is 4.34. The monoisotopic (exact) mass is 337 g/mol. The van der Waals surface area contributed by atoms with Crippen molar-refractivity contribution in [3.05, 3.63) is 71.8 Å². The van der Waals surface area contributed by atoms with Gasteiger partial charge in [0.1, 0.15) is 0 Å². The van der Waals surface area contributed by atoms with E-state index in [1.54, 1.807) is 6.92 Å². The van der Waals surface area contributed by atoms with Crippen molar-refractivity contribution in [1.29, 1.82) is 0 Å². The van der Waals surface area contributed by atoms with E-state index in [0.717, 1.165) is 11.1 Å². The van der Waals surface area contributed by atoms with Gasteiger partial charge in [0.15, 0.2) is 5.60 Å². The molecule has 1 saturated heterocycles. The molecule has 0 aromatic heterocycles. The quantitative estimate of drug-likeness (QED) is 0.833. The van der Waals surface area contributed by atoms with Crippen LogP contribution < -0.4 is 0 Å². The maximum atomic E-state index is 12.7. The second-order valence-corrected chi connectivity index (χ2v) is 6.64. The third-order valence-corrected chi connectivity index (χ3v) is 4.75. The van der Waals surface area contributed by atoms with Gasteiger partial charge in [-0.05, 0) is 5.92 Å². The van der Waals surface area contributed by atoms with Crippen LogP contribution in [0.25, 0.3) is 0 Å². The molecule has 0 N–H and O–H groups in total. The Hall–Kier alpha value is -2.62. The minimum absolute atomic E-state index is 0.0300. The average molecular weight is 337 g/mol. The Bertz CT molecular complexity index is 716. The Labute approximate surface area is 148 Å². The zero-order valence-electron chi connectivity index (χ0n) is 14.8. The van der Waals surface area contributed by atoms with E-state index in [9.17, 15) is 9.59 Å². The minimum Gasteiger partial charge on any atom is -0.430 e. The molecule has 2 aromatic carbocycles. The Balaban J connectivity index is 2.27. The molecule has 130 valence electrons. The standard InChI is InChI=1S/C21H23NO3/c1-4-18(23)22-19(15(2)3)21(25-20(22)24,16-11-7-5-8-12-16)17-13-9-6-10-14-17/h5-15,19H,4H2,1-3H3/t19-/m1/s1. The van der Waals surface area contributed by atoms with Crippen LogP contribution in [-0.2, 0) is 15.1 Å². The van der Waals surface area contributed by atoms with Gasteiger partial charge in [0.05, 0.1) is 6.04 Å². The first-order chi connectivity index (χ1) is 12.0. The van der Waals surface area contributed by atoms with Gasteiger partial charge in [-0.1, -0.05) is 81.4 Å². The molecule has 0 bridgehead atoms. The Morgan fingerprint density at radius 1 is 1.04 bits per heavy atom. The first kappa shape index (κ1) is 17.2. The van der Waals surface area contributed by atoms with Crippen LogP contribution in [0, 0.1) is 5.92 Å². The highest BCUT2D eigenvalue weighted by Gasteiger charge is 2.58. The van der Waals surface area contributed by atoms with Crippen molar-refractivity contribution in [1.82, 2.24) is 4.90 Å². The van der Waals surface area contributed by atoms with E-state index in [4.69, 9.17) is 4.74 Å². The number of imide groups is 1. The molecule has 2 amide bonds. The van der Waals surface area contributed by atoms with Gasteiger partial charge in [0.2, 0.25) is 5.91 Å². The summed E-state index contributed by atoms with van der Waals surface area (Å²) in [7, 11) is 0. The first-order valence-corrected chi connectivity index (χ1v) is 8.68. The summed E-state index contributed by atoms with van der Waals surface area (Å²) in [6, 6.07) is 19.0. The van der Waals surface area contributed by atoms with Crippen molar-refractivity contribution >= 4 is 12.0 Å². The van der Waals surface area contributed by atoms with Crippen molar-refractivity contribution in [2.75, 3.05) is 0 Å². The van der Waals surface area contributed by atoms with Crippen LogP contribution in [0.4, 0.5) is 4.79 Å². The van der Waals surface area contributed by atoms with Gasteiger partial charge in [-0.15, -0.1) is 0 Å². The number of nitrogens with zero attached hydrogens (tertiary/aromatic N) is 1. The van der Waals surface area contributed by atoms with Gasteiger partial charge < -0.3 is 4.74 Å². The molecule has 1 aliphatic heterocycles. The molecule has 0 radical (unpaired) electrons. The molecule has 2 aromatic rings. The summed E-state index contributed by atoms with van der Waals surface area (Å²) in [6.45, 7) is 5.80. The third-order valence-electron chi connectivity index (χ3n) is 4.75. The number of amides is 2. The normalized spacial score (nSPS) is 19.1. The lowest BCUT2D eigenvalue weighted by molar-refractivity contribution is -0.130. The van der Waals surface area contributed by atoms with Crippen molar-refractivity contribution < 1.29 is 14.3 Å². The zero-order valence-corrected chi connectivity index (χ0v) is 14.8.